The largest absolute Gasteiger partial charge is 0.343 e. The summed E-state index contributed by atoms with van der Waals surface area (Å²) in [6.07, 6.45) is 4.77. The van der Waals surface area contributed by atoms with Crippen LogP contribution in [-0.4, -0.2) is 35.1 Å². The van der Waals surface area contributed by atoms with E-state index in [1.54, 1.807) is 11.0 Å². The fourth-order valence-corrected chi connectivity index (χ4v) is 4.25. The highest BCUT2D eigenvalue weighted by molar-refractivity contribution is 7.89. The maximum atomic E-state index is 12.8. The predicted octanol–water partition coefficient (Wildman–Crippen LogP) is 1.89. The first kappa shape index (κ1) is 19.3. The summed E-state index contributed by atoms with van der Waals surface area (Å²) < 4.78 is 28.8. The van der Waals surface area contributed by atoms with E-state index in [4.69, 9.17) is 0 Å². The van der Waals surface area contributed by atoms with E-state index in [2.05, 4.69) is 20.1 Å². The standard InChI is InChI=1S/C20H21N5O3S/c26-20(16-6-10-18(11-7-16)29(27,28)24-17-8-9-17)23-19(12-25-14-21-13-22-25)15-4-2-1-3-5-15/h1-7,10-11,13-14,17,19,24H,8-9,12H2,(H,23,26). The van der Waals surface area contributed by atoms with E-state index in [1.807, 2.05) is 30.3 Å². The van der Waals surface area contributed by atoms with Gasteiger partial charge in [0.05, 0.1) is 17.5 Å². The number of nitrogens with zero attached hydrogens (tertiary/aromatic N) is 3. The summed E-state index contributed by atoms with van der Waals surface area (Å²) in [5, 5.41) is 7.11. The van der Waals surface area contributed by atoms with Gasteiger partial charge in [0.25, 0.3) is 5.91 Å². The Hall–Kier alpha value is -3.04. The average molecular weight is 411 g/mol. The monoisotopic (exact) mass is 411 g/mol. The summed E-state index contributed by atoms with van der Waals surface area (Å²) >= 11 is 0. The molecule has 2 N–H and O–H groups in total. The Labute approximate surface area is 169 Å². The second-order valence-electron chi connectivity index (χ2n) is 6.97. The zero-order valence-electron chi connectivity index (χ0n) is 15.6. The number of aromatic nitrogens is 3. The first-order valence-electron chi connectivity index (χ1n) is 9.32. The summed E-state index contributed by atoms with van der Waals surface area (Å²) in [5.74, 6) is -0.293. The third-order valence-electron chi connectivity index (χ3n) is 4.67. The molecule has 29 heavy (non-hydrogen) atoms. The highest BCUT2D eigenvalue weighted by Gasteiger charge is 2.28. The number of rotatable bonds is 8. The van der Waals surface area contributed by atoms with Gasteiger partial charge < -0.3 is 5.32 Å². The minimum Gasteiger partial charge on any atom is -0.343 e. The van der Waals surface area contributed by atoms with E-state index in [0.29, 0.717) is 12.1 Å². The fraction of sp³-hybridized carbons (Fsp3) is 0.250. The van der Waals surface area contributed by atoms with Gasteiger partial charge in [0.15, 0.2) is 0 Å². The van der Waals surface area contributed by atoms with E-state index >= 15 is 0 Å². The Bertz CT molecular complexity index is 1060. The molecule has 1 aliphatic carbocycles. The SMILES string of the molecule is O=C(NC(Cn1cncn1)c1ccccc1)c1ccc(S(=O)(=O)NC2CC2)cc1. The molecule has 1 atom stereocenters. The van der Waals surface area contributed by atoms with Gasteiger partial charge in [-0.05, 0) is 42.7 Å². The topological polar surface area (TPSA) is 106 Å². The minimum atomic E-state index is -3.54. The molecule has 0 saturated heterocycles. The normalized spacial score (nSPS) is 15.0. The van der Waals surface area contributed by atoms with Crippen LogP contribution in [-0.2, 0) is 16.6 Å². The van der Waals surface area contributed by atoms with Crippen LogP contribution in [0.3, 0.4) is 0 Å². The van der Waals surface area contributed by atoms with Crippen LogP contribution in [0.25, 0.3) is 0 Å². The van der Waals surface area contributed by atoms with Crippen molar-refractivity contribution in [3.8, 4) is 0 Å². The van der Waals surface area contributed by atoms with Crippen molar-refractivity contribution in [3.63, 3.8) is 0 Å². The smallest absolute Gasteiger partial charge is 0.251 e. The molecule has 2 aromatic carbocycles. The van der Waals surface area contributed by atoms with Crippen molar-refractivity contribution in [1.29, 1.82) is 0 Å². The van der Waals surface area contributed by atoms with Crippen molar-refractivity contribution in [1.82, 2.24) is 24.8 Å². The maximum Gasteiger partial charge on any atom is 0.251 e. The Balaban J connectivity index is 1.49. The summed E-state index contributed by atoms with van der Waals surface area (Å²) in [4.78, 5) is 16.9. The van der Waals surface area contributed by atoms with Crippen LogP contribution in [0, 0.1) is 0 Å². The molecule has 0 radical (unpaired) electrons. The zero-order valence-corrected chi connectivity index (χ0v) is 16.4. The van der Waals surface area contributed by atoms with Gasteiger partial charge in [-0.3, -0.25) is 9.48 Å². The quantitative estimate of drug-likeness (QED) is 0.589. The number of benzene rings is 2. The van der Waals surface area contributed by atoms with E-state index < -0.39 is 10.0 Å². The molecule has 1 amide bonds. The van der Waals surface area contributed by atoms with Crippen LogP contribution in [0.2, 0.25) is 0 Å². The Morgan fingerprint density at radius 1 is 1.10 bits per heavy atom. The van der Waals surface area contributed by atoms with Gasteiger partial charge >= 0.3 is 0 Å². The van der Waals surface area contributed by atoms with Gasteiger partial charge in [-0.25, -0.2) is 18.1 Å². The third kappa shape index (κ3) is 4.87. The minimum absolute atomic E-state index is 0.0337. The van der Waals surface area contributed by atoms with Gasteiger partial charge in [-0.1, -0.05) is 30.3 Å². The molecule has 0 aliphatic heterocycles. The number of amides is 1. The lowest BCUT2D eigenvalue weighted by atomic mass is 10.1. The van der Waals surface area contributed by atoms with Crippen molar-refractivity contribution in [3.05, 3.63) is 78.4 Å². The molecule has 150 valence electrons. The lowest BCUT2D eigenvalue weighted by Gasteiger charge is -2.19. The molecule has 3 aromatic rings. The molecular formula is C20H21N5O3S. The molecule has 1 aromatic heterocycles. The Kier molecular flexibility index (Phi) is 5.41. The average Bonchev–Trinajstić information content (AvgIpc) is 3.38. The van der Waals surface area contributed by atoms with Crippen molar-refractivity contribution in [2.75, 3.05) is 0 Å². The van der Waals surface area contributed by atoms with E-state index in [9.17, 15) is 13.2 Å². The molecule has 9 heteroatoms. The van der Waals surface area contributed by atoms with Crippen LogP contribution in [0.5, 0.6) is 0 Å². The van der Waals surface area contributed by atoms with Crippen LogP contribution in [0.4, 0.5) is 0 Å². The lowest BCUT2D eigenvalue weighted by Crippen LogP contribution is -2.31. The first-order chi connectivity index (χ1) is 14.0. The summed E-state index contributed by atoms with van der Waals surface area (Å²) in [5.41, 5.74) is 1.32. The molecule has 1 fully saturated rings. The predicted molar refractivity (Wildman–Crippen MR) is 106 cm³/mol. The van der Waals surface area contributed by atoms with Gasteiger partial charge in [0, 0.05) is 11.6 Å². The van der Waals surface area contributed by atoms with Gasteiger partial charge in [-0.15, -0.1) is 0 Å². The summed E-state index contributed by atoms with van der Waals surface area (Å²) in [6, 6.07) is 15.3. The second-order valence-corrected chi connectivity index (χ2v) is 8.69. The molecule has 0 bridgehead atoms. The third-order valence-corrected chi connectivity index (χ3v) is 6.21. The Morgan fingerprint density at radius 3 is 2.45 bits per heavy atom. The maximum absolute atomic E-state index is 12.8. The second kappa shape index (κ2) is 8.14. The fourth-order valence-electron chi connectivity index (χ4n) is 2.95. The van der Waals surface area contributed by atoms with E-state index in [0.717, 1.165) is 18.4 Å². The van der Waals surface area contributed by atoms with Crippen LogP contribution >= 0.6 is 0 Å². The molecule has 1 aliphatic rings. The van der Waals surface area contributed by atoms with Crippen molar-refractivity contribution in [2.45, 2.75) is 36.4 Å². The number of carbonyl (C=O) groups is 1. The van der Waals surface area contributed by atoms with Gasteiger partial charge in [0.2, 0.25) is 10.0 Å². The molecule has 1 unspecified atom stereocenters. The van der Waals surface area contributed by atoms with Gasteiger partial charge in [-0.2, -0.15) is 5.10 Å². The van der Waals surface area contributed by atoms with Crippen LogP contribution in [0.1, 0.15) is 34.8 Å². The van der Waals surface area contributed by atoms with Crippen molar-refractivity contribution < 1.29 is 13.2 Å². The molecule has 4 rings (SSSR count). The molecule has 0 spiro atoms. The summed E-state index contributed by atoms with van der Waals surface area (Å²) in [6.45, 7) is 0.424. The van der Waals surface area contributed by atoms with Crippen molar-refractivity contribution in [2.24, 2.45) is 0 Å². The number of hydrogen-bond acceptors (Lipinski definition) is 5. The van der Waals surface area contributed by atoms with Crippen LogP contribution in [0.15, 0.2) is 72.1 Å². The number of carbonyl (C=O) groups excluding carboxylic acids is 1. The number of nitrogens with one attached hydrogen (secondary N) is 2. The highest BCUT2D eigenvalue weighted by atomic mass is 32.2. The van der Waals surface area contributed by atoms with Crippen LogP contribution < -0.4 is 10.0 Å². The number of hydrogen-bond donors (Lipinski definition) is 2. The first-order valence-corrected chi connectivity index (χ1v) is 10.8. The van der Waals surface area contributed by atoms with Gasteiger partial charge in [0.1, 0.15) is 12.7 Å². The molecular weight excluding hydrogens is 390 g/mol. The van der Waals surface area contributed by atoms with E-state index in [1.165, 1.54) is 30.6 Å². The Morgan fingerprint density at radius 2 is 1.83 bits per heavy atom. The molecule has 1 saturated carbocycles. The van der Waals surface area contributed by atoms with Crippen molar-refractivity contribution >= 4 is 15.9 Å². The zero-order chi connectivity index (χ0) is 20.3. The lowest BCUT2D eigenvalue weighted by molar-refractivity contribution is 0.0931. The molecule has 8 nitrogen and oxygen atoms in total. The summed E-state index contributed by atoms with van der Waals surface area (Å²) in [7, 11) is -3.54. The number of sulfonamides is 1. The molecule has 1 heterocycles. The highest BCUT2D eigenvalue weighted by Crippen LogP contribution is 2.22. The van der Waals surface area contributed by atoms with E-state index in [-0.39, 0.29) is 22.9 Å².